The third kappa shape index (κ3) is 5.95. The Hall–Kier alpha value is -1.71. The largest absolute Gasteiger partial charge is 0.339 e. The SMILES string of the molecule is CC(=O)OO.Cc1ccc(CN)c(N(C)S(C)(=O)=O)n1. The zero-order chi connectivity index (χ0) is 15.9. The molecule has 0 unspecified atom stereocenters. The second kappa shape index (κ2) is 7.78. The minimum Gasteiger partial charge on any atom is -0.326 e. The van der Waals surface area contributed by atoms with Crippen molar-refractivity contribution < 1.29 is 23.4 Å². The van der Waals surface area contributed by atoms with E-state index in [1.165, 1.54) is 7.05 Å². The van der Waals surface area contributed by atoms with Crippen LogP contribution in [0, 0.1) is 6.92 Å². The van der Waals surface area contributed by atoms with E-state index in [1.807, 2.05) is 6.07 Å². The predicted molar refractivity (Wildman–Crippen MR) is 74.5 cm³/mol. The highest BCUT2D eigenvalue weighted by molar-refractivity contribution is 7.92. The van der Waals surface area contributed by atoms with Gasteiger partial charge in [-0.3, -0.25) is 4.31 Å². The molecule has 0 atom stereocenters. The fourth-order valence-electron chi connectivity index (χ4n) is 1.16. The van der Waals surface area contributed by atoms with Crippen molar-refractivity contribution in [3.8, 4) is 0 Å². The maximum atomic E-state index is 11.4. The second-order valence-electron chi connectivity index (χ2n) is 3.95. The van der Waals surface area contributed by atoms with Crippen molar-refractivity contribution in [2.75, 3.05) is 17.6 Å². The van der Waals surface area contributed by atoms with E-state index in [0.29, 0.717) is 11.4 Å². The van der Waals surface area contributed by atoms with Crippen molar-refractivity contribution >= 4 is 21.8 Å². The number of nitrogens with two attached hydrogens (primary N) is 1. The van der Waals surface area contributed by atoms with Crippen LogP contribution < -0.4 is 10.0 Å². The van der Waals surface area contributed by atoms with Gasteiger partial charge >= 0.3 is 5.97 Å². The summed E-state index contributed by atoms with van der Waals surface area (Å²) in [5, 5.41) is 7.29. The molecule has 1 aromatic heterocycles. The Morgan fingerprint density at radius 2 is 2.00 bits per heavy atom. The van der Waals surface area contributed by atoms with Gasteiger partial charge in [0.15, 0.2) is 0 Å². The molecule has 114 valence electrons. The lowest BCUT2D eigenvalue weighted by Gasteiger charge is -2.18. The number of hydrogen-bond acceptors (Lipinski definition) is 7. The van der Waals surface area contributed by atoms with Crippen LogP contribution in [0.4, 0.5) is 5.82 Å². The Morgan fingerprint density at radius 1 is 1.50 bits per heavy atom. The molecular formula is C11H19N3O5S. The molecule has 8 nitrogen and oxygen atoms in total. The Bertz CT molecular complexity index is 559. The van der Waals surface area contributed by atoms with Gasteiger partial charge in [0.1, 0.15) is 5.82 Å². The summed E-state index contributed by atoms with van der Waals surface area (Å²) in [6, 6.07) is 3.60. The van der Waals surface area contributed by atoms with Crippen LogP contribution in [0.15, 0.2) is 12.1 Å². The monoisotopic (exact) mass is 305 g/mol. The van der Waals surface area contributed by atoms with Gasteiger partial charge in [0.05, 0.1) is 6.26 Å². The first kappa shape index (κ1) is 18.3. The molecule has 1 rings (SSSR count). The van der Waals surface area contributed by atoms with E-state index in [1.54, 1.807) is 13.0 Å². The van der Waals surface area contributed by atoms with Crippen molar-refractivity contribution in [3.05, 3.63) is 23.4 Å². The Morgan fingerprint density at radius 3 is 2.35 bits per heavy atom. The van der Waals surface area contributed by atoms with Crippen LogP contribution in [0.1, 0.15) is 18.2 Å². The van der Waals surface area contributed by atoms with Crippen LogP contribution in [-0.4, -0.2) is 37.9 Å². The highest BCUT2D eigenvalue weighted by atomic mass is 32.2. The average Bonchev–Trinajstić information content (AvgIpc) is 2.37. The van der Waals surface area contributed by atoms with Crippen LogP contribution >= 0.6 is 0 Å². The number of carbonyl (C=O) groups is 1. The molecule has 0 aliphatic heterocycles. The first-order valence-electron chi connectivity index (χ1n) is 5.56. The number of sulfonamides is 1. The molecule has 20 heavy (non-hydrogen) atoms. The zero-order valence-electron chi connectivity index (χ0n) is 11.8. The third-order valence-electron chi connectivity index (χ3n) is 2.24. The maximum absolute atomic E-state index is 11.4. The summed E-state index contributed by atoms with van der Waals surface area (Å²) in [5.74, 6) is -0.287. The molecular weight excluding hydrogens is 286 g/mol. The summed E-state index contributed by atoms with van der Waals surface area (Å²) in [6.07, 6.45) is 1.14. The molecule has 1 heterocycles. The topological polar surface area (TPSA) is 123 Å². The molecule has 0 amide bonds. The van der Waals surface area contributed by atoms with Crippen LogP contribution in [0.5, 0.6) is 0 Å². The number of rotatable bonds is 3. The molecule has 1 aromatic rings. The molecule has 0 radical (unpaired) electrons. The zero-order valence-corrected chi connectivity index (χ0v) is 12.6. The van der Waals surface area contributed by atoms with Crippen molar-refractivity contribution in [2.24, 2.45) is 5.73 Å². The van der Waals surface area contributed by atoms with E-state index in [2.05, 4.69) is 9.87 Å². The first-order valence-corrected chi connectivity index (χ1v) is 7.40. The van der Waals surface area contributed by atoms with Gasteiger partial charge in [-0.15, -0.1) is 0 Å². The van der Waals surface area contributed by atoms with Gasteiger partial charge in [-0.25, -0.2) is 18.2 Å². The highest BCUT2D eigenvalue weighted by Crippen LogP contribution is 2.18. The Kier molecular flexibility index (Phi) is 7.11. The summed E-state index contributed by atoms with van der Waals surface area (Å²) < 4.78 is 23.9. The van der Waals surface area contributed by atoms with E-state index >= 15 is 0 Å². The van der Waals surface area contributed by atoms with Gasteiger partial charge in [0, 0.05) is 31.8 Å². The summed E-state index contributed by atoms with van der Waals surface area (Å²) in [4.78, 5) is 16.6. The van der Waals surface area contributed by atoms with Crippen molar-refractivity contribution in [3.63, 3.8) is 0 Å². The smallest absolute Gasteiger partial charge is 0.326 e. The van der Waals surface area contributed by atoms with Crippen LogP contribution in [0.25, 0.3) is 0 Å². The van der Waals surface area contributed by atoms with Gasteiger partial charge < -0.3 is 10.6 Å². The average molecular weight is 305 g/mol. The molecule has 0 saturated carbocycles. The number of anilines is 1. The van der Waals surface area contributed by atoms with Crippen molar-refractivity contribution in [1.82, 2.24) is 4.98 Å². The molecule has 0 aliphatic rings. The van der Waals surface area contributed by atoms with Gasteiger partial charge in [-0.05, 0) is 13.0 Å². The van der Waals surface area contributed by atoms with Gasteiger partial charge in [0.25, 0.3) is 0 Å². The van der Waals surface area contributed by atoms with Gasteiger partial charge in [-0.2, -0.15) is 5.26 Å². The quantitative estimate of drug-likeness (QED) is 0.606. The summed E-state index contributed by atoms with van der Waals surface area (Å²) >= 11 is 0. The van der Waals surface area contributed by atoms with E-state index in [9.17, 15) is 13.2 Å². The van der Waals surface area contributed by atoms with Gasteiger partial charge in [-0.1, -0.05) is 6.07 Å². The molecule has 0 bridgehead atoms. The number of nitrogens with zero attached hydrogens (tertiary/aromatic N) is 2. The summed E-state index contributed by atoms with van der Waals surface area (Å²) in [7, 11) is -1.82. The van der Waals surface area contributed by atoms with E-state index in [0.717, 1.165) is 23.2 Å². The molecule has 9 heteroatoms. The lowest BCUT2D eigenvalue weighted by atomic mass is 10.2. The molecule has 0 aliphatic carbocycles. The second-order valence-corrected chi connectivity index (χ2v) is 5.97. The Balaban J connectivity index is 0.000000621. The minimum absolute atomic E-state index is 0.266. The number of pyridine rings is 1. The van der Waals surface area contributed by atoms with Crippen LogP contribution in [0.3, 0.4) is 0 Å². The fraction of sp³-hybridized carbons (Fsp3) is 0.455. The molecule has 0 spiro atoms. The van der Waals surface area contributed by atoms with Crippen molar-refractivity contribution in [1.29, 1.82) is 0 Å². The normalized spacial score (nSPS) is 10.3. The van der Waals surface area contributed by atoms with Crippen LogP contribution in [0.2, 0.25) is 0 Å². The number of carbonyl (C=O) groups excluding carboxylic acids is 1. The lowest BCUT2D eigenvalue weighted by Crippen LogP contribution is -2.27. The van der Waals surface area contributed by atoms with E-state index in [4.69, 9.17) is 11.0 Å². The standard InChI is InChI=1S/C9H15N3O2S.C2H4O3/c1-7-4-5-8(6-10)9(11-7)12(2)15(3,13)14;1-2(3)5-4/h4-5H,6,10H2,1-3H3;4H,1H3. The molecule has 0 aromatic carbocycles. The maximum Gasteiger partial charge on any atom is 0.339 e. The lowest BCUT2D eigenvalue weighted by molar-refractivity contribution is -0.231. The third-order valence-corrected chi connectivity index (χ3v) is 3.41. The number of aryl methyl sites for hydroxylation is 1. The van der Waals surface area contributed by atoms with E-state index < -0.39 is 16.0 Å². The fourth-order valence-corrected chi connectivity index (χ4v) is 1.63. The summed E-state index contributed by atoms with van der Waals surface area (Å²) in [6.45, 7) is 3.18. The summed E-state index contributed by atoms with van der Waals surface area (Å²) in [5.41, 5.74) is 7.00. The highest BCUT2D eigenvalue weighted by Gasteiger charge is 2.16. The number of aromatic nitrogens is 1. The van der Waals surface area contributed by atoms with Crippen molar-refractivity contribution in [2.45, 2.75) is 20.4 Å². The van der Waals surface area contributed by atoms with Crippen LogP contribution in [-0.2, 0) is 26.3 Å². The van der Waals surface area contributed by atoms with Gasteiger partial charge in [0.2, 0.25) is 10.0 Å². The number of hydrogen-bond donors (Lipinski definition) is 2. The Labute approximate surface area is 118 Å². The first-order chi connectivity index (χ1) is 9.13. The van der Waals surface area contributed by atoms with E-state index in [-0.39, 0.29) is 6.54 Å². The predicted octanol–water partition coefficient (Wildman–Crippen LogP) is 0.267. The molecule has 0 fully saturated rings. The molecule has 3 N–H and O–H groups in total. The minimum atomic E-state index is -3.29. The molecule has 0 saturated heterocycles.